The molecular weight excluding hydrogens is 258 g/mol. The second-order valence-electron chi connectivity index (χ2n) is 5.20. The highest BCUT2D eigenvalue weighted by molar-refractivity contribution is 5.93. The normalized spacial score (nSPS) is 17.9. The molecule has 0 spiro atoms. The minimum Gasteiger partial charge on any atom is -0.394 e. The van der Waals surface area contributed by atoms with Crippen molar-refractivity contribution in [2.45, 2.75) is 45.2 Å². The van der Waals surface area contributed by atoms with Gasteiger partial charge in [-0.15, -0.1) is 0 Å². The fourth-order valence-corrected chi connectivity index (χ4v) is 2.46. The number of hydrogen-bond donors (Lipinski definition) is 2. The molecular formula is C14H23N3O3. The van der Waals surface area contributed by atoms with Crippen LogP contribution in [0.4, 0.5) is 0 Å². The Hall–Kier alpha value is -1.40. The van der Waals surface area contributed by atoms with Crippen molar-refractivity contribution in [1.82, 2.24) is 15.1 Å². The Balaban J connectivity index is 2.16. The van der Waals surface area contributed by atoms with Crippen molar-refractivity contribution in [2.24, 2.45) is 0 Å². The van der Waals surface area contributed by atoms with E-state index in [1.165, 1.54) is 0 Å². The molecule has 0 saturated carbocycles. The number of aryl methyl sites for hydroxylation is 2. The largest absolute Gasteiger partial charge is 0.394 e. The molecule has 6 nitrogen and oxygen atoms in total. The van der Waals surface area contributed by atoms with E-state index in [2.05, 4.69) is 10.4 Å². The Morgan fingerprint density at radius 3 is 2.75 bits per heavy atom. The van der Waals surface area contributed by atoms with Crippen LogP contribution in [0.1, 0.15) is 42.9 Å². The molecule has 0 atom stereocenters. The summed E-state index contributed by atoms with van der Waals surface area (Å²) in [6.45, 7) is 5.68. The molecule has 1 aromatic rings. The zero-order chi connectivity index (χ0) is 14.6. The number of carbonyl (C=O) groups excluding carboxylic acids is 1. The van der Waals surface area contributed by atoms with Crippen LogP contribution in [0.15, 0.2) is 6.07 Å². The van der Waals surface area contributed by atoms with Gasteiger partial charge < -0.3 is 15.2 Å². The van der Waals surface area contributed by atoms with Crippen LogP contribution in [0.25, 0.3) is 0 Å². The smallest absolute Gasteiger partial charge is 0.270 e. The lowest BCUT2D eigenvalue weighted by atomic mass is 9.91. The zero-order valence-electron chi connectivity index (χ0n) is 12.2. The number of carbonyl (C=O) groups is 1. The van der Waals surface area contributed by atoms with E-state index in [0.29, 0.717) is 38.3 Å². The van der Waals surface area contributed by atoms with E-state index < -0.39 is 5.54 Å². The zero-order valence-corrected chi connectivity index (χ0v) is 12.2. The van der Waals surface area contributed by atoms with Gasteiger partial charge in [-0.3, -0.25) is 9.48 Å². The summed E-state index contributed by atoms with van der Waals surface area (Å²) in [6, 6.07) is 1.82. The quantitative estimate of drug-likeness (QED) is 0.834. The second-order valence-corrected chi connectivity index (χ2v) is 5.20. The summed E-state index contributed by atoms with van der Waals surface area (Å²) in [7, 11) is 0. The van der Waals surface area contributed by atoms with Gasteiger partial charge in [-0.2, -0.15) is 5.10 Å². The highest BCUT2D eigenvalue weighted by atomic mass is 16.5. The third-order valence-corrected chi connectivity index (χ3v) is 3.86. The molecule has 1 amide bonds. The van der Waals surface area contributed by atoms with Crippen LogP contribution in [0.3, 0.4) is 0 Å². The van der Waals surface area contributed by atoms with Gasteiger partial charge in [-0.1, -0.05) is 6.92 Å². The van der Waals surface area contributed by atoms with Gasteiger partial charge in [-0.05, 0) is 32.3 Å². The highest BCUT2D eigenvalue weighted by Crippen LogP contribution is 2.21. The molecule has 1 aliphatic rings. The van der Waals surface area contributed by atoms with Crippen molar-refractivity contribution in [3.63, 3.8) is 0 Å². The summed E-state index contributed by atoms with van der Waals surface area (Å²) < 4.78 is 7.01. The summed E-state index contributed by atoms with van der Waals surface area (Å²) in [6.07, 6.45) is 2.07. The molecule has 112 valence electrons. The third kappa shape index (κ3) is 3.02. The lowest BCUT2D eigenvalue weighted by Gasteiger charge is -2.36. The van der Waals surface area contributed by atoms with E-state index in [9.17, 15) is 9.90 Å². The number of amides is 1. The molecule has 2 N–H and O–H groups in total. The van der Waals surface area contributed by atoms with Gasteiger partial charge >= 0.3 is 0 Å². The molecule has 0 radical (unpaired) electrons. The maximum Gasteiger partial charge on any atom is 0.270 e. The van der Waals surface area contributed by atoms with Gasteiger partial charge in [0.1, 0.15) is 5.69 Å². The Morgan fingerprint density at radius 2 is 2.20 bits per heavy atom. The van der Waals surface area contributed by atoms with E-state index in [4.69, 9.17) is 4.74 Å². The van der Waals surface area contributed by atoms with Crippen LogP contribution >= 0.6 is 0 Å². The van der Waals surface area contributed by atoms with Crippen molar-refractivity contribution in [3.05, 3.63) is 17.5 Å². The lowest BCUT2D eigenvalue weighted by Crippen LogP contribution is -2.54. The number of aromatic nitrogens is 2. The maximum absolute atomic E-state index is 12.5. The monoisotopic (exact) mass is 281 g/mol. The van der Waals surface area contributed by atoms with Crippen molar-refractivity contribution in [3.8, 4) is 0 Å². The molecule has 1 aliphatic heterocycles. The number of aliphatic hydroxyl groups excluding tert-OH is 1. The molecule has 0 aliphatic carbocycles. The molecule has 6 heteroatoms. The number of aliphatic hydroxyl groups is 1. The van der Waals surface area contributed by atoms with E-state index >= 15 is 0 Å². The van der Waals surface area contributed by atoms with Crippen LogP contribution in [0.2, 0.25) is 0 Å². The molecule has 2 rings (SSSR count). The van der Waals surface area contributed by atoms with Gasteiger partial charge in [0.15, 0.2) is 0 Å². The summed E-state index contributed by atoms with van der Waals surface area (Å²) >= 11 is 0. The topological polar surface area (TPSA) is 76.4 Å². The highest BCUT2D eigenvalue weighted by Gasteiger charge is 2.34. The first-order valence-electron chi connectivity index (χ1n) is 7.22. The second kappa shape index (κ2) is 6.37. The van der Waals surface area contributed by atoms with Crippen LogP contribution in [-0.2, 0) is 17.7 Å². The number of hydrogen-bond acceptors (Lipinski definition) is 4. The predicted molar refractivity (Wildman–Crippen MR) is 74.6 cm³/mol. The molecule has 2 heterocycles. The van der Waals surface area contributed by atoms with E-state index in [1.54, 1.807) is 4.68 Å². The van der Waals surface area contributed by atoms with E-state index in [0.717, 1.165) is 12.1 Å². The van der Waals surface area contributed by atoms with E-state index in [1.807, 2.05) is 19.9 Å². The number of ether oxygens (including phenoxy) is 1. The Morgan fingerprint density at radius 1 is 1.50 bits per heavy atom. The van der Waals surface area contributed by atoms with Gasteiger partial charge in [0.2, 0.25) is 0 Å². The van der Waals surface area contributed by atoms with Gasteiger partial charge in [0.05, 0.1) is 17.8 Å². The number of rotatable bonds is 5. The Kier molecular flexibility index (Phi) is 4.77. The summed E-state index contributed by atoms with van der Waals surface area (Å²) in [5.41, 5.74) is 0.899. The van der Waals surface area contributed by atoms with Crippen LogP contribution in [0.5, 0.6) is 0 Å². The summed E-state index contributed by atoms with van der Waals surface area (Å²) in [5.74, 6) is -0.171. The SMILES string of the molecule is CCc1cc(C(=O)NC2(CO)CCOCC2)n(CC)n1. The van der Waals surface area contributed by atoms with Crippen LogP contribution in [0, 0.1) is 0 Å². The fraction of sp³-hybridized carbons (Fsp3) is 0.714. The molecule has 1 saturated heterocycles. The standard InChI is InChI=1S/C14H23N3O3/c1-3-11-9-12(17(4-2)16-11)13(19)15-14(10-18)5-7-20-8-6-14/h9,18H,3-8,10H2,1-2H3,(H,15,19). The molecule has 0 unspecified atom stereocenters. The first-order valence-corrected chi connectivity index (χ1v) is 7.22. The average molecular weight is 281 g/mol. The van der Waals surface area contributed by atoms with Crippen molar-refractivity contribution < 1.29 is 14.6 Å². The fourth-order valence-electron chi connectivity index (χ4n) is 2.46. The molecule has 1 fully saturated rings. The Labute approximate surface area is 119 Å². The Bertz CT molecular complexity index is 464. The molecule has 0 bridgehead atoms. The van der Waals surface area contributed by atoms with Gasteiger partial charge in [0.25, 0.3) is 5.91 Å². The first kappa shape index (κ1) is 15.0. The molecule has 1 aromatic heterocycles. The minimum absolute atomic E-state index is 0.0665. The van der Waals surface area contributed by atoms with Crippen molar-refractivity contribution in [2.75, 3.05) is 19.8 Å². The van der Waals surface area contributed by atoms with Crippen molar-refractivity contribution >= 4 is 5.91 Å². The summed E-state index contributed by atoms with van der Waals surface area (Å²) in [4.78, 5) is 12.5. The van der Waals surface area contributed by atoms with E-state index in [-0.39, 0.29) is 12.5 Å². The number of nitrogens with one attached hydrogen (secondary N) is 1. The maximum atomic E-state index is 12.5. The lowest BCUT2D eigenvalue weighted by molar-refractivity contribution is 0.0123. The predicted octanol–water partition coefficient (Wildman–Crippen LogP) is 0.737. The average Bonchev–Trinajstić information content (AvgIpc) is 2.91. The van der Waals surface area contributed by atoms with Crippen LogP contribution in [-0.4, -0.2) is 46.2 Å². The van der Waals surface area contributed by atoms with Gasteiger partial charge in [0, 0.05) is 19.8 Å². The third-order valence-electron chi connectivity index (χ3n) is 3.86. The number of nitrogens with zero attached hydrogens (tertiary/aromatic N) is 2. The van der Waals surface area contributed by atoms with Gasteiger partial charge in [-0.25, -0.2) is 0 Å². The first-order chi connectivity index (χ1) is 9.64. The summed E-state index contributed by atoms with van der Waals surface area (Å²) in [5, 5.41) is 17.0. The molecule has 0 aromatic carbocycles. The van der Waals surface area contributed by atoms with Crippen molar-refractivity contribution in [1.29, 1.82) is 0 Å². The minimum atomic E-state index is -0.565. The van der Waals surface area contributed by atoms with Crippen LogP contribution < -0.4 is 5.32 Å². The molecule has 20 heavy (non-hydrogen) atoms.